The molecule has 0 aromatic heterocycles. The molecule has 13 heteroatoms. The van der Waals surface area contributed by atoms with Gasteiger partial charge >= 0.3 is 0 Å². The van der Waals surface area contributed by atoms with Crippen molar-refractivity contribution in [2.75, 3.05) is 41.3 Å². The summed E-state index contributed by atoms with van der Waals surface area (Å²) < 4.78 is 47.8. The summed E-state index contributed by atoms with van der Waals surface area (Å²) in [6.45, 7) is 3.10. The number of carbonyl (C=O) groups excluding carboxylic acids is 3. The van der Waals surface area contributed by atoms with Gasteiger partial charge < -0.3 is 15.0 Å². The lowest BCUT2D eigenvalue weighted by molar-refractivity contribution is 0.0924. The molecule has 5 aromatic rings. The number of fused-ring (bicyclic) bond motifs is 1. The number of halogens is 2. The van der Waals surface area contributed by atoms with Crippen LogP contribution < -0.4 is 19.9 Å². The molecule has 2 heterocycles. The third-order valence-electron chi connectivity index (χ3n) is 8.74. The van der Waals surface area contributed by atoms with E-state index in [1.165, 1.54) is 40.7 Å². The van der Waals surface area contributed by atoms with E-state index in [4.69, 9.17) is 16.3 Å². The van der Waals surface area contributed by atoms with Gasteiger partial charge in [0.25, 0.3) is 17.7 Å². The summed E-state index contributed by atoms with van der Waals surface area (Å²) in [5, 5.41) is 2.75. The van der Waals surface area contributed by atoms with E-state index in [9.17, 15) is 27.2 Å². The van der Waals surface area contributed by atoms with Crippen LogP contribution in [0.3, 0.4) is 0 Å². The lowest BCUT2D eigenvalue weighted by atomic mass is 10.1. The van der Waals surface area contributed by atoms with Gasteiger partial charge in [0.1, 0.15) is 22.2 Å². The molecule has 0 radical (unpaired) electrons. The van der Waals surface area contributed by atoms with Gasteiger partial charge in [0.05, 0.1) is 21.8 Å². The van der Waals surface area contributed by atoms with E-state index in [-0.39, 0.29) is 45.5 Å². The number of imide groups is 1. The molecule has 2 aliphatic rings. The number of nitrogens with one attached hydrogen (secondary N) is 1. The van der Waals surface area contributed by atoms with Crippen LogP contribution in [0.5, 0.6) is 11.5 Å². The molecule has 7 rings (SSSR count). The number of amides is 3. The van der Waals surface area contributed by atoms with E-state index in [2.05, 4.69) is 5.32 Å². The molecule has 2 aliphatic heterocycles. The zero-order chi connectivity index (χ0) is 35.9. The van der Waals surface area contributed by atoms with Gasteiger partial charge in [-0.2, -0.15) is 4.31 Å². The molecule has 5 aromatic carbocycles. The number of hydrogen-bond acceptors (Lipinski definition) is 7. The number of piperazine rings is 1. The highest BCUT2D eigenvalue weighted by molar-refractivity contribution is 7.89. The number of carbonyl (C=O) groups is 3. The molecule has 0 unspecified atom stereocenters. The smallest absolute Gasteiger partial charge is 0.266 e. The van der Waals surface area contributed by atoms with Crippen molar-refractivity contribution in [3.63, 3.8) is 0 Å². The van der Waals surface area contributed by atoms with Gasteiger partial charge in [0.2, 0.25) is 10.0 Å². The number of nitrogens with zero attached hydrogens (tertiary/aromatic N) is 3. The van der Waals surface area contributed by atoms with E-state index < -0.39 is 27.7 Å². The Bertz CT molecular complexity index is 2280. The fraction of sp³-hybridized carbons (Fsp3) is 0.132. The molecule has 0 aliphatic carbocycles. The largest absolute Gasteiger partial charge is 0.457 e. The van der Waals surface area contributed by atoms with Crippen LogP contribution in [-0.4, -0.2) is 56.6 Å². The summed E-state index contributed by atoms with van der Waals surface area (Å²) in [6.07, 6.45) is 0. The second kappa shape index (κ2) is 13.6. The Kier molecular flexibility index (Phi) is 9.06. The Morgan fingerprint density at radius 1 is 0.745 bits per heavy atom. The fourth-order valence-electron chi connectivity index (χ4n) is 5.98. The molecule has 3 amide bonds. The Morgan fingerprint density at radius 3 is 2.06 bits per heavy atom. The van der Waals surface area contributed by atoms with Gasteiger partial charge in [-0.3, -0.25) is 14.4 Å². The average Bonchev–Trinajstić information content (AvgIpc) is 3.38. The SMILES string of the molecule is Cc1ccc(N2C(=O)c3ccc(Oc4ccc(NC(=O)c5ccc(Cl)c(S(=O)(=O)N6CCN(c7ccc(F)cc7)CC6)c5)cc4)cc3C2=O)cc1. The van der Waals surface area contributed by atoms with Crippen LogP contribution in [0, 0.1) is 12.7 Å². The second-order valence-electron chi connectivity index (χ2n) is 12.1. The minimum atomic E-state index is -4.02. The van der Waals surface area contributed by atoms with Crippen molar-refractivity contribution < 1.29 is 31.9 Å². The Labute approximate surface area is 298 Å². The van der Waals surface area contributed by atoms with Crippen LogP contribution in [-0.2, 0) is 10.0 Å². The molecule has 258 valence electrons. The van der Waals surface area contributed by atoms with Gasteiger partial charge in [-0.25, -0.2) is 17.7 Å². The predicted molar refractivity (Wildman–Crippen MR) is 192 cm³/mol. The van der Waals surface area contributed by atoms with Gasteiger partial charge in [-0.05, 0) is 104 Å². The van der Waals surface area contributed by atoms with Crippen LogP contribution in [0.15, 0.2) is 114 Å². The first kappa shape index (κ1) is 33.9. The van der Waals surface area contributed by atoms with Crippen molar-refractivity contribution in [1.82, 2.24) is 4.31 Å². The monoisotopic (exact) mass is 724 g/mol. The van der Waals surface area contributed by atoms with E-state index in [1.54, 1.807) is 60.7 Å². The highest BCUT2D eigenvalue weighted by Gasteiger charge is 2.37. The Morgan fingerprint density at radius 2 is 1.37 bits per heavy atom. The maximum Gasteiger partial charge on any atom is 0.266 e. The molecule has 1 fully saturated rings. The first-order chi connectivity index (χ1) is 24.5. The van der Waals surface area contributed by atoms with E-state index in [0.717, 1.165) is 16.2 Å². The minimum absolute atomic E-state index is 0.00510. The summed E-state index contributed by atoms with van der Waals surface area (Å²) in [7, 11) is -4.02. The van der Waals surface area contributed by atoms with Crippen molar-refractivity contribution in [3.8, 4) is 11.5 Å². The molecule has 1 saturated heterocycles. The van der Waals surface area contributed by atoms with Crippen LogP contribution >= 0.6 is 11.6 Å². The lowest BCUT2D eigenvalue weighted by Gasteiger charge is -2.35. The fourth-order valence-corrected chi connectivity index (χ4v) is 7.90. The van der Waals surface area contributed by atoms with E-state index in [1.807, 2.05) is 24.0 Å². The van der Waals surface area contributed by atoms with Gasteiger partial charge in [-0.15, -0.1) is 0 Å². The minimum Gasteiger partial charge on any atom is -0.457 e. The Balaban J connectivity index is 0.995. The molecular weight excluding hydrogens is 695 g/mol. The number of rotatable bonds is 8. The quantitative estimate of drug-likeness (QED) is 0.169. The molecule has 0 saturated carbocycles. The number of ether oxygens (including phenoxy) is 1. The summed E-state index contributed by atoms with van der Waals surface area (Å²) in [4.78, 5) is 42.3. The summed E-state index contributed by atoms with van der Waals surface area (Å²) in [5.74, 6) is -0.967. The first-order valence-corrected chi connectivity index (χ1v) is 17.8. The third-order valence-corrected chi connectivity index (χ3v) is 11.1. The molecule has 0 spiro atoms. The van der Waals surface area contributed by atoms with Crippen molar-refractivity contribution >= 4 is 56.4 Å². The van der Waals surface area contributed by atoms with Gasteiger partial charge in [0, 0.05) is 43.1 Å². The van der Waals surface area contributed by atoms with E-state index >= 15 is 0 Å². The molecule has 0 atom stereocenters. The van der Waals surface area contributed by atoms with Crippen molar-refractivity contribution in [3.05, 3.63) is 142 Å². The zero-order valence-electron chi connectivity index (χ0n) is 27.2. The van der Waals surface area contributed by atoms with Gasteiger partial charge in [-0.1, -0.05) is 29.3 Å². The van der Waals surface area contributed by atoms with Crippen molar-refractivity contribution in [2.45, 2.75) is 11.8 Å². The van der Waals surface area contributed by atoms with E-state index in [0.29, 0.717) is 36.0 Å². The predicted octanol–water partition coefficient (Wildman–Crippen LogP) is 7.14. The topological polar surface area (TPSA) is 116 Å². The number of aryl methyl sites for hydroxylation is 1. The van der Waals surface area contributed by atoms with Crippen LogP contribution in [0.4, 0.5) is 21.5 Å². The summed E-state index contributed by atoms with van der Waals surface area (Å²) in [6, 6.07) is 28.4. The first-order valence-electron chi connectivity index (χ1n) is 16.0. The van der Waals surface area contributed by atoms with Crippen LogP contribution in [0.1, 0.15) is 36.6 Å². The maximum absolute atomic E-state index is 13.6. The second-order valence-corrected chi connectivity index (χ2v) is 14.4. The highest BCUT2D eigenvalue weighted by Crippen LogP contribution is 2.33. The number of hydrogen-bond donors (Lipinski definition) is 1. The Hall–Kier alpha value is -5.56. The molecule has 10 nitrogen and oxygen atoms in total. The van der Waals surface area contributed by atoms with Crippen molar-refractivity contribution in [2.24, 2.45) is 0 Å². The molecular formula is C38H30ClFN4O6S. The van der Waals surface area contributed by atoms with Crippen molar-refractivity contribution in [1.29, 1.82) is 0 Å². The number of sulfonamides is 1. The zero-order valence-corrected chi connectivity index (χ0v) is 28.7. The maximum atomic E-state index is 13.6. The number of benzene rings is 5. The summed E-state index contributed by atoms with van der Waals surface area (Å²) >= 11 is 6.34. The van der Waals surface area contributed by atoms with Crippen LogP contribution in [0.2, 0.25) is 5.02 Å². The lowest BCUT2D eigenvalue weighted by Crippen LogP contribution is -2.48. The third kappa shape index (κ3) is 6.81. The standard InChI is InChI=1S/C38H30ClFN4O6S/c1-24-2-9-29(10-3-24)44-37(46)32-16-15-31(23-33(32)38(44)47)50-30-13-7-27(8-14-30)41-36(45)25-4-17-34(39)35(22-25)51(48,49)43-20-18-42(19-21-43)28-11-5-26(40)6-12-28/h2-17,22-23H,18-21H2,1H3,(H,41,45). The molecule has 0 bridgehead atoms. The van der Waals surface area contributed by atoms with Gasteiger partial charge in [0.15, 0.2) is 0 Å². The van der Waals surface area contributed by atoms with Crippen LogP contribution in [0.25, 0.3) is 0 Å². The summed E-state index contributed by atoms with van der Waals surface area (Å²) in [5.41, 5.74) is 3.34. The highest BCUT2D eigenvalue weighted by atomic mass is 35.5. The molecule has 1 N–H and O–H groups in total. The normalized spacial score (nSPS) is 14.8. The number of anilines is 3. The molecule has 51 heavy (non-hydrogen) atoms. The average molecular weight is 725 g/mol.